The second-order valence-electron chi connectivity index (χ2n) is 3.32. The van der Waals surface area contributed by atoms with Gasteiger partial charge in [-0.2, -0.15) is 0 Å². The fourth-order valence-electron chi connectivity index (χ4n) is 1.09. The van der Waals surface area contributed by atoms with Crippen LogP contribution in [-0.4, -0.2) is 50.6 Å². The first-order chi connectivity index (χ1) is 7.20. The Morgan fingerprint density at radius 2 is 2.20 bits per heavy atom. The van der Waals surface area contributed by atoms with Crippen molar-refractivity contribution in [3.63, 3.8) is 0 Å². The summed E-state index contributed by atoms with van der Waals surface area (Å²) in [5, 5.41) is 11.6. The van der Waals surface area contributed by atoms with Crippen LogP contribution in [0, 0.1) is 0 Å². The third-order valence-corrected chi connectivity index (χ3v) is 1.89. The largest absolute Gasteiger partial charge is 0.469 e. The third kappa shape index (κ3) is 9.65. The van der Waals surface area contributed by atoms with Crippen LogP contribution in [0.2, 0.25) is 0 Å². The molecule has 2 N–H and O–H groups in total. The van der Waals surface area contributed by atoms with Crippen LogP contribution in [0.4, 0.5) is 0 Å². The Hall–Kier alpha value is -0.650. The normalized spacial score (nSPS) is 12.5. The highest BCUT2D eigenvalue weighted by Crippen LogP contribution is 1.93. The molecule has 1 unspecified atom stereocenters. The van der Waals surface area contributed by atoms with Gasteiger partial charge in [0, 0.05) is 12.6 Å². The van der Waals surface area contributed by atoms with Crippen molar-refractivity contribution < 1.29 is 19.4 Å². The first-order valence-electron chi connectivity index (χ1n) is 5.19. The lowest BCUT2D eigenvalue weighted by molar-refractivity contribution is -0.141. The van der Waals surface area contributed by atoms with Crippen molar-refractivity contribution in [3.05, 3.63) is 0 Å². The van der Waals surface area contributed by atoms with Crippen LogP contribution in [0.5, 0.6) is 0 Å². The number of hydrogen-bond acceptors (Lipinski definition) is 5. The fraction of sp³-hybridized carbons (Fsp3) is 0.900. The molecule has 0 aromatic rings. The van der Waals surface area contributed by atoms with Crippen molar-refractivity contribution in [1.29, 1.82) is 0 Å². The van der Waals surface area contributed by atoms with Gasteiger partial charge in [0.1, 0.15) is 0 Å². The number of rotatable bonds is 9. The molecule has 0 aromatic heterocycles. The van der Waals surface area contributed by atoms with Crippen LogP contribution in [-0.2, 0) is 14.3 Å². The monoisotopic (exact) mass is 219 g/mol. The smallest absolute Gasteiger partial charge is 0.307 e. The van der Waals surface area contributed by atoms with E-state index in [0.717, 1.165) is 13.0 Å². The number of esters is 1. The van der Waals surface area contributed by atoms with Crippen molar-refractivity contribution in [3.8, 4) is 0 Å². The fourth-order valence-corrected chi connectivity index (χ4v) is 1.09. The summed E-state index contributed by atoms with van der Waals surface area (Å²) in [5.41, 5.74) is 0. The standard InChI is InChI=1S/C10H21NO4/c1-9(8-10(13)14-2)11-4-3-6-15-7-5-12/h9,11-12H,3-8H2,1-2H3. The van der Waals surface area contributed by atoms with Crippen LogP contribution in [0.15, 0.2) is 0 Å². The Bertz CT molecular complexity index is 164. The number of carbonyl (C=O) groups excluding carboxylic acids is 1. The van der Waals surface area contributed by atoms with Crippen LogP contribution >= 0.6 is 0 Å². The highest BCUT2D eigenvalue weighted by molar-refractivity contribution is 5.69. The Labute approximate surface area is 90.8 Å². The lowest BCUT2D eigenvalue weighted by atomic mass is 10.2. The van der Waals surface area contributed by atoms with Crippen LogP contribution in [0.25, 0.3) is 0 Å². The molecule has 0 aliphatic heterocycles. The van der Waals surface area contributed by atoms with Gasteiger partial charge < -0.3 is 19.9 Å². The Balaban J connectivity index is 3.23. The molecule has 0 aromatic carbocycles. The molecular weight excluding hydrogens is 198 g/mol. The Kier molecular flexibility index (Phi) is 9.46. The average molecular weight is 219 g/mol. The van der Waals surface area contributed by atoms with Gasteiger partial charge in [-0.25, -0.2) is 0 Å². The summed E-state index contributed by atoms with van der Waals surface area (Å²) < 4.78 is 9.63. The van der Waals surface area contributed by atoms with Gasteiger partial charge in [-0.1, -0.05) is 0 Å². The first-order valence-corrected chi connectivity index (χ1v) is 5.19. The van der Waals surface area contributed by atoms with Crippen LogP contribution in [0.1, 0.15) is 19.8 Å². The van der Waals surface area contributed by atoms with Gasteiger partial charge in [0.2, 0.25) is 0 Å². The van der Waals surface area contributed by atoms with E-state index in [4.69, 9.17) is 9.84 Å². The number of carbonyl (C=O) groups is 1. The van der Waals surface area contributed by atoms with Gasteiger partial charge >= 0.3 is 5.97 Å². The van der Waals surface area contributed by atoms with Gasteiger partial charge in [-0.15, -0.1) is 0 Å². The van der Waals surface area contributed by atoms with Gasteiger partial charge in [-0.05, 0) is 19.9 Å². The zero-order valence-electron chi connectivity index (χ0n) is 9.49. The Morgan fingerprint density at radius 3 is 2.80 bits per heavy atom. The lowest BCUT2D eigenvalue weighted by Gasteiger charge is -2.12. The van der Waals surface area contributed by atoms with Crippen molar-refractivity contribution in [2.75, 3.05) is 33.5 Å². The van der Waals surface area contributed by atoms with Crippen molar-refractivity contribution in [2.45, 2.75) is 25.8 Å². The molecule has 0 saturated heterocycles. The van der Waals surface area contributed by atoms with E-state index >= 15 is 0 Å². The second-order valence-corrected chi connectivity index (χ2v) is 3.32. The molecule has 0 spiro atoms. The highest BCUT2D eigenvalue weighted by atomic mass is 16.5. The summed E-state index contributed by atoms with van der Waals surface area (Å²) in [5.74, 6) is -0.202. The van der Waals surface area contributed by atoms with E-state index in [1.54, 1.807) is 0 Å². The predicted molar refractivity (Wildman–Crippen MR) is 56.6 cm³/mol. The molecule has 0 aliphatic carbocycles. The second kappa shape index (κ2) is 9.89. The van der Waals surface area contributed by atoms with Crippen molar-refractivity contribution in [1.82, 2.24) is 5.32 Å². The van der Waals surface area contributed by atoms with Gasteiger partial charge in [0.25, 0.3) is 0 Å². The maximum atomic E-state index is 10.9. The van der Waals surface area contributed by atoms with Crippen molar-refractivity contribution >= 4 is 5.97 Å². The molecule has 90 valence electrons. The van der Waals surface area contributed by atoms with Gasteiger partial charge in [-0.3, -0.25) is 4.79 Å². The minimum absolute atomic E-state index is 0.0617. The molecule has 5 heteroatoms. The minimum Gasteiger partial charge on any atom is -0.469 e. The lowest BCUT2D eigenvalue weighted by Crippen LogP contribution is -2.30. The maximum absolute atomic E-state index is 10.9. The topological polar surface area (TPSA) is 67.8 Å². The number of aliphatic hydroxyl groups excluding tert-OH is 1. The SMILES string of the molecule is COC(=O)CC(C)NCCCOCCO. The molecule has 0 radical (unpaired) electrons. The highest BCUT2D eigenvalue weighted by Gasteiger charge is 2.07. The number of nitrogens with one attached hydrogen (secondary N) is 1. The maximum Gasteiger partial charge on any atom is 0.307 e. The minimum atomic E-state index is -0.202. The number of aliphatic hydroxyl groups is 1. The number of ether oxygens (including phenoxy) is 2. The third-order valence-electron chi connectivity index (χ3n) is 1.89. The molecule has 1 atom stereocenters. The van der Waals surface area contributed by atoms with E-state index in [2.05, 4.69) is 10.1 Å². The summed E-state index contributed by atoms with van der Waals surface area (Å²) in [7, 11) is 1.39. The zero-order valence-corrected chi connectivity index (χ0v) is 9.49. The zero-order chi connectivity index (χ0) is 11.5. The molecule has 0 saturated carbocycles. The molecule has 0 amide bonds. The van der Waals surface area contributed by atoms with E-state index in [1.165, 1.54) is 7.11 Å². The summed E-state index contributed by atoms with van der Waals surface area (Å²) in [6, 6.07) is 0.121. The molecule has 0 rings (SSSR count). The van der Waals surface area contributed by atoms with Gasteiger partial charge in [0.05, 0.1) is 26.7 Å². The summed E-state index contributed by atoms with van der Waals surface area (Å²) in [4.78, 5) is 10.9. The number of methoxy groups -OCH3 is 1. The van der Waals surface area contributed by atoms with Crippen molar-refractivity contribution in [2.24, 2.45) is 0 Å². The van der Waals surface area contributed by atoms with Crippen LogP contribution < -0.4 is 5.32 Å². The molecule has 0 heterocycles. The van der Waals surface area contributed by atoms with Crippen LogP contribution in [0.3, 0.4) is 0 Å². The Morgan fingerprint density at radius 1 is 1.47 bits per heavy atom. The summed E-state index contributed by atoms with van der Waals surface area (Å²) in [6.45, 7) is 3.80. The van der Waals surface area contributed by atoms with E-state index in [9.17, 15) is 4.79 Å². The molecule has 0 aliphatic rings. The molecular formula is C10H21NO4. The van der Waals surface area contributed by atoms with E-state index in [1.807, 2.05) is 6.92 Å². The molecule has 15 heavy (non-hydrogen) atoms. The quantitative estimate of drug-likeness (QED) is 0.419. The molecule has 5 nitrogen and oxygen atoms in total. The first kappa shape index (κ1) is 14.3. The predicted octanol–water partition coefficient (Wildman–Crippen LogP) is -0.0734. The average Bonchev–Trinajstić information content (AvgIpc) is 2.23. The molecule has 0 bridgehead atoms. The summed E-state index contributed by atoms with van der Waals surface area (Å²) in [6.07, 6.45) is 1.25. The van der Waals surface area contributed by atoms with Gasteiger partial charge in [0.15, 0.2) is 0 Å². The summed E-state index contributed by atoms with van der Waals surface area (Å²) >= 11 is 0. The number of hydrogen-bond donors (Lipinski definition) is 2. The molecule has 0 fully saturated rings. The van der Waals surface area contributed by atoms with E-state index < -0.39 is 0 Å². The van der Waals surface area contributed by atoms with E-state index in [0.29, 0.717) is 19.6 Å². The van der Waals surface area contributed by atoms with E-state index in [-0.39, 0.29) is 18.6 Å².